The van der Waals surface area contributed by atoms with Crippen molar-refractivity contribution in [2.24, 2.45) is 5.73 Å². The van der Waals surface area contributed by atoms with Gasteiger partial charge in [0.1, 0.15) is 0 Å². The van der Waals surface area contributed by atoms with Gasteiger partial charge in [0.05, 0.1) is 11.7 Å². The van der Waals surface area contributed by atoms with Crippen LogP contribution in [0.25, 0.3) is 0 Å². The van der Waals surface area contributed by atoms with E-state index in [1.54, 1.807) is 6.20 Å². The van der Waals surface area contributed by atoms with Crippen molar-refractivity contribution in [1.29, 1.82) is 0 Å². The third kappa shape index (κ3) is 2.12. The van der Waals surface area contributed by atoms with E-state index in [4.69, 9.17) is 5.73 Å². The van der Waals surface area contributed by atoms with Crippen LogP contribution in [0.15, 0.2) is 36.8 Å². The molecule has 2 rings (SSSR count). The van der Waals surface area contributed by atoms with Gasteiger partial charge in [-0.1, -0.05) is 6.07 Å². The largest absolute Gasteiger partial charge is 0.326 e. The summed E-state index contributed by atoms with van der Waals surface area (Å²) in [5, 5.41) is 4.42. The highest BCUT2D eigenvalue weighted by atomic mass is 15.3. The number of nitrogens with zero attached hydrogens (tertiary/aromatic N) is 3. The number of rotatable bonds is 3. The first kappa shape index (κ1) is 10.8. The lowest BCUT2D eigenvalue weighted by molar-refractivity contribution is 0.451. The second kappa shape index (κ2) is 4.45. The minimum atomic E-state index is -0.0106. The highest BCUT2D eigenvalue weighted by Crippen LogP contribution is 2.19. The molecule has 4 heteroatoms. The van der Waals surface area contributed by atoms with Crippen molar-refractivity contribution in [3.63, 3.8) is 0 Å². The third-order valence-corrected chi connectivity index (χ3v) is 2.55. The van der Waals surface area contributed by atoms with Gasteiger partial charge in [-0.25, -0.2) is 0 Å². The van der Waals surface area contributed by atoms with Crippen LogP contribution < -0.4 is 5.73 Å². The molecule has 2 N–H and O–H groups in total. The Morgan fingerprint density at radius 2 is 2.19 bits per heavy atom. The van der Waals surface area contributed by atoms with E-state index >= 15 is 0 Å². The molecule has 0 saturated heterocycles. The Hall–Kier alpha value is -1.68. The summed E-state index contributed by atoms with van der Waals surface area (Å²) in [4.78, 5) is 4.12. The van der Waals surface area contributed by atoms with Crippen LogP contribution in [0.4, 0.5) is 0 Å². The van der Waals surface area contributed by atoms with Crippen LogP contribution in [0.1, 0.15) is 24.2 Å². The maximum atomic E-state index is 6.02. The number of hydrogen-bond donors (Lipinski definition) is 1. The van der Waals surface area contributed by atoms with Crippen molar-refractivity contribution in [2.45, 2.75) is 25.9 Å². The Labute approximate surface area is 95.1 Å². The van der Waals surface area contributed by atoms with Gasteiger partial charge in [0.2, 0.25) is 0 Å². The zero-order valence-corrected chi connectivity index (χ0v) is 9.54. The number of pyridine rings is 1. The molecule has 0 spiro atoms. The van der Waals surface area contributed by atoms with E-state index in [0.29, 0.717) is 0 Å². The molecule has 0 aliphatic heterocycles. The quantitative estimate of drug-likeness (QED) is 0.846. The fraction of sp³-hybridized carbons (Fsp3) is 0.333. The molecular formula is C12H16N4. The number of nitrogens with two attached hydrogens (primary N) is 1. The summed E-state index contributed by atoms with van der Waals surface area (Å²) < 4.78 is 1.90. The first-order valence-electron chi connectivity index (χ1n) is 5.36. The highest BCUT2D eigenvalue weighted by Gasteiger charge is 2.18. The molecule has 0 amide bonds. The van der Waals surface area contributed by atoms with Crippen LogP contribution in [-0.2, 0) is 0 Å². The minimum Gasteiger partial charge on any atom is -0.326 e. The molecule has 0 aromatic carbocycles. The molecule has 2 aromatic heterocycles. The summed E-state index contributed by atoms with van der Waals surface area (Å²) in [6.07, 6.45) is 5.55. The molecule has 0 fully saturated rings. The SMILES string of the molecule is Cc1ccn(C(c2cccnc2)C(C)N)n1. The fourth-order valence-electron chi connectivity index (χ4n) is 1.84. The average molecular weight is 216 g/mol. The lowest BCUT2D eigenvalue weighted by Gasteiger charge is -2.21. The molecule has 4 nitrogen and oxygen atoms in total. The topological polar surface area (TPSA) is 56.7 Å². The van der Waals surface area contributed by atoms with Gasteiger partial charge in [0.15, 0.2) is 0 Å². The van der Waals surface area contributed by atoms with Gasteiger partial charge < -0.3 is 5.73 Å². The number of hydrogen-bond acceptors (Lipinski definition) is 3. The van der Waals surface area contributed by atoms with E-state index in [1.165, 1.54) is 0 Å². The molecule has 16 heavy (non-hydrogen) atoms. The summed E-state index contributed by atoms with van der Waals surface area (Å²) in [5.74, 6) is 0. The van der Waals surface area contributed by atoms with Gasteiger partial charge in [-0.3, -0.25) is 9.67 Å². The van der Waals surface area contributed by atoms with Crippen LogP contribution >= 0.6 is 0 Å². The Morgan fingerprint density at radius 1 is 1.38 bits per heavy atom. The zero-order valence-electron chi connectivity index (χ0n) is 9.54. The second-order valence-corrected chi connectivity index (χ2v) is 4.03. The Kier molecular flexibility index (Phi) is 3.01. The third-order valence-electron chi connectivity index (χ3n) is 2.55. The van der Waals surface area contributed by atoms with Gasteiger partial charge >= 0.3 is 0 Å². The number of aryl methyl sites for hydroxylation is 1. The molecule has 2 unspecified atom stereocenters. The fourth-order valence-corrected chi connectivity index (χ4v) is 1.84. The molecule has 0 radical (unpaired) electrons. The van der Waals surface area contributed by atoms with Crippen LogP contribution in [-0.4, -0.2) is 20.8 Å². The molecule has 0 aliphatic carbocycles. The van der Waals surface area contributed by atoms with Crippen molar-refractivity contribution in [3.05, 3.63) is 48.0 Å². The predicted octanol–water partition coefficient (Wildman–Crippen LogP) is 1.52. The van der Waals surface area contributed by atoms with Gasteiger partial charge in [0, 0.05) is 24.6 Å². The molecule has 84 valence electrons. The summed E-state index contributed by atoms with van der Waals surface area (Å²) in [7, 11) is 0. The lowest BCUT2D eigenvalue weighted by Crippen LogP contribution is -2.30. The molecule has 0 saturated carbocycles. The van der Waals surface area contributed by atoms with Crippen LogP contribution in [0.3, 0.4) is 0 Å². The van der Waals surface area contributed by atoms with Crippen LogP contribution in [0.5, 0.6) is 0 Å². The van der Waals surface area contributed by atoms with Crippen molar-refractivity contribution in [2.75, 3.05) is 0 Å². The van der Waals surface area contributed by atoms with E-state index in [9.17, 15) is 0 Å². The van der Waals surface area contributed by atoms with Crippen molar-refractivity contribution >= 4 is 0 Å². The van der Waals surface area contributed by atoms with Gasteiger partial charge in [-0.2, -0.15) is 5.10 Å². The molecule has 2 heterocycles. The first-order chi connectivity index (χ1) is 7.68. The van der Waals surface area contributed by atoms with E-state index in [0.717, 1.165) is 11.3 Å². The van der Waals surface area contributed by atoms with Crippen molar-refractivity contribution < 1.29 is 0 Å². The number of aromatic nitrogens is 3. The molecule has 0 bridgehead atoms. The standard InChI is InChI=1S/C12H16N4/c1-9-5-7-16(15-9)12(10(2)13)11-4-3-6-14-8-11/h3-8,10,12H,13H2,1-2H3. The Balaban J connectivity index is 2.39. The molecular weight excluding hydrogens is 200 g/mol. The normalized spacial score (nSPS) is 14.7. The molecule has 0 aliphatic rings. The maximum absolute atomic E-state index is 6.02. The first-order valence-corrected chi connectivity index (χ1v) is 5.36. The van der Waals surface area contributed by atoms with Crippen LogP contribution in [0.2, 0.25) is 0 Å². The van der Waals surface area contributed by atoms with E-state index in [2.05, 4.69) is 10.1 Å². The van der Waals surface area contributed by atoms with Gasteiger partial charge in [0.25, 0.3) is 0 Å². The average Bonchev–Trinajstić information content (AvgIpc) is 2.66. The van der Waals surface area contributed by atoms with Gasteiger partial charge in [-0.05, 0) is 31.5 Å². The Bertz CT molecular complexity index is 447. The monoisotopic (exact) mass is 216 g/mol. The summed E-state index contributed by atoms with van der Waals surface area (Å²) in [6, 6.07) is 5.95. The van der Waals surface area contributed by atoms with E-state index in [1.807, 2.05) is 49.1 Å². The second-order valence-electron chi connectivity index (χ2n) is 4.03. The van der Waals surface area contributed by atoms with E-state index in [-0.39, 0.29) is 12.1 Å². The van der Waals surface area contributed by atoms with Crippen molar-refractivity contribution in [1.82, 2.24) is 14.8 Å². The summed E-state index contributed by atoms with van der Waals surface area (Å²) in [6.45, 7) is 3.95. The summed E-state index contributed by atoms with van der Waals surface area (Å²) >= 11 is 0. The smallest absolute Gasteiger partial charge is 0.0931 e. The Morgan fingerprint density at radius 3 is 2.69 bits per heavy atom. The zero-order chi connectivity index (χ0) is 11.5. The highest BCUT2D eigenvalue weighted by molar-refractivity contribution is 5.17. The maximum Gasteiger partial charge on any atom is 0.0931 e. The van der Waals surface area contributed by atoms with E-state index < -0.39 is 0 Å². The van der Waals surface area contributed by atoms with Gasteiger partial charge in [-0.15, -0.1) is 0 Å². The minimum absolute atomic E-state index is 0.0106. The van der Waals surface area contributed by atoms with Crippen molar-refractivity contribution in [3.8, 4) is 0 Å². The molecule has 2 atom stereocenters. The summed E-state index contributed by atoms with van der Waals surface area (Å²) in [5.41, 5.74) is 8.10. The lowest BCUT2D eigenvalue weighted by atomic mass is 10.0. The predicted molar refractivity (Wildman–Crippen MR) is 63.0 cm³/mol. The van der Waals surface area contributed by atoms with Crippen LogP contribution in [0, 0.1) is 6.92 Å². The molecule has 2 aromatic rings.